The second-order valence-electron chi connectivity index (χ2n) is 7.10. The van der Waals surface area contributed by atoms with Crippen molar-refractivity contribution in [2.24, 2.45) is 5.73 Å². The van der Waals surface area contributed by atoms with Gasteiger partial charge < -0.3 is 15.2 Å². The Hall–Kier alpha value is -4.21. The van der Waals surface area contributed by atoms with Gasteiger partial charge in [-0.1, -0.05) is 42.5 Å². The molecule has 0 saturated carbocycles. The number of primary amides is 1. The number of para-hydroxylation sites is 1. The van der Waals surface area contributed by atoms with Crippen molar-refractivity contribution in [2.75, 3.05) is 0 Å². The summed E-state index contributed by atoms with van der Waals surface area (Å²) in [6.45, 7) is 1.83. The van der Waals surface area contributed by atoms with Crippen LogP contribution in [0.3, 0.4) is 0 Å². The van der Waals surface area contributed by atoms with Gasteiger partial charge in [0, 0.05) is 12.0 Å². The summed E-state index contributed by atoms with van der Waals surface area (Å²) in [5.41, 5.74) is 3.22. The number of ether oxygens (including phenoxy) is 2. The Balaban J connectivity index is 1.83. The van der Waals surface area contributed by atoms with Gasteiger partial charge in [-0.2, -0.15) is 4.90 Å². The summed E-state index contributed by atoms with van der Waals surface area (Å²) < 4.78 is 11.2. The molecule has 1 saturated heterocycles. The summed E-state index contributed by atoms with van der Waals surface area (Å²) in [5.74, 6) is -3.37. The second-order valence-corrected chi connectivity index (χ2v) is 7.10. The topological polar surface area (TPSA) is 145 Å². The number of hydrogen-bond acceptors (Lipinski definition) is 7. The number of fused-ring (bicyclic) bond motifs is 1. The first kappa shape index (κ1) is 20.1. The summed E-state index contributed by atoms with van der Waals surface area (Å²) in [6.07, 6.45) is 0.401. The number of barbiturate groups is 1. The predicted molar refractivity (Wildman–Crippen MR) is 104 cm³/mol. The Morgan fingerprint density at radius 2 is 1.84 bits per heavy atom. The van der Waals surface area contributed by atoms with Crippen LogP contribution >= 0.6 is 0 Å². The quantitative estimate of drug-likeness (QED) is 0.558. The Kier molecular flexibility index (Phi) is 4.69. The zero-order chi connectivity index (χ0) is 22.3. The van der Waals surface area contributed by atoms with E-state index < -0.39 is 35.4 Å². The zero-order valence-electron chi connectivity index (χ0n) is 16.3. The molecule has 10 nitrogen and oxygen atoms in total. The summed E-state index contributed by atoms with van der Waals surface area (Å²) in [5, 5.41) is 1.86. The molecule has 158 valence electrons. The summed E-state index contributed by atoms with van der Waals surface area (Å²) >= 11 is 0. The molecule has 2 heterocycles. The van der Waals surface area contributed by atoms with E-state index in [9.17, 15) is 24.0 Å². The van der Waals surface area contributed by atoms with Crippen LogP contribution in [0.4, 0.5) is 9.59 Å². The van der Waals surface area contributed by atoms with E-state index in [0.717, 1.165) is 5.56 Å². The van der Waals surface area contributed by atoms with Gasteiger partial charge in [-0.25, -0.2) is 14.4 Å². The normalized spacial score (nSPS) is 22.4. The molecule has 6 amide bonds. The van der Waals surface area contributed by atoms with Crippen LogP contribution in [0.15, 0.2) is 48.5 Å². The van der Waals surface area contributed by atoms with Gasteiger partial charge in [0.2, 0.25) is 0 Å². The van der Waals surface area contributed by atoms with Crippen LogP contribution in [0, 0.1) is 0 Å². The van der Waals surface area contributed by atoms with E-state index in [1.54, 1.807) is 18.2 Å². The molecule has 2 aromatic rings. The van der Waals surface area contributed by atoms with Gasteiger partial charge in [-0.3, -0.25) is 14.9 Å². The molecule has 10 heteroatoms. The highest BCUT2D eigenvalue weighted by atomic mass is 16.6. The number of imide groups is 4. The third-order valence-corrected chi connectivity index (χ3v) is 5.04. The molecule has 0 radical (unpaired) electrons. The summed E-state index contributed by atoms with van der Waals surface area (Å²) in [4.78, 5) is 63.1. The molecule has 0 spiro atoms. The molecule has 2 unspecified atom stereocenters. The maximum atomic E-state index is 13.2. The highest BCUT2D eigenvalue weighted by molar-refractivity contribution is 6.27. The lowest BCUT2D eigenvalue weighted by molar-refractivity contribution is -0.162. The number of amides is 6. The molecule has 2 aliphatic heterocycles. The smallest absolute Gasteiger partial charge is 0.343 e. The number of carbonyl (C=O) groups excluding carboxylic acids is 5. The SMILES string of the molecule is CC1Cc2cccc(C(=O)OC3(c4ccccc4)C(=O)NC(=O)N(C(N)=O)C3=O)c2O1. The molecule has 3 N–H and O–H groups in total. The van der Waals surface area contributed by atoms with Crippen molar-refractivity contribution in [1.29, 1.82) is 0 Å². The molecule has 1 fully saturated rings. The molecule has 31 heavy (non-hydrogen) atoms. The number of nitrogens with zero attached hydrogens (tertiary/aromatic N) is 1. The first-order valence-electron chi connectivity index (χ1n) is 9.32. The number of urea groups is 2. The van der Waals surface area contributed by atoms with Gasteiger partial charge in [-0.05, 0) is 18.6 Å². The number of esters is 1. The average molecular weight is 423 g/mol. The maximum Gasteiger partial charge on any atom is 0.343 e. The van der Waals surface area contributed by atoms with Crippen LogP contribution in [-0.2, 0) is 26.3 Å². The molecule has 2 aliphatic rings. The van der Waals surface area contributed by atoms with E-state index in [0.29, 0.717) is 6.42 Å². The lowest BCUT2D eigenvalue weighted by Crippen LogP contribution is -2.69. The van der Waals surface area contributed by atoms with Crippen LogP contribution in [0.2, 0.25) is 0 Å². The monoisotopic (exact) mass is 423 g/mol. The van der Waals surface area contributed by atoms with Crippen LogP contribution in [0.1, 0.15) is 28.4 Å². The molecular weight excluding hydrogens is 406 g/mol. The first-order chi connectivity index (χ1) is 14.8. The van der Waals surface area contributed by atoms with Crippen LogP contribution in [0.5, 0.6) is 5.75 Å². The zero-order valence-corrected chi connectivity index (χ0v) is 16.3. The fraction of sp³-hybridized carbons (Fsp3) is 0.190. The Labute approximate surface area is 175 Å². The number of carbonyl (C=O) groups is 5. The van der Waals surface area contributed by atoms with Gasteiger partial charge in [0.1, 0.15) is 17.4 Å². The van der Waals surface area contributed by atoms with Gasteiger partial charge in [0.05, 0.1) is 0 Å². The molecule has 4 rings (SSSR count). The van der Waals surface area contributed by atoms with Gasteiger partial charge in [-0.15, -0.1) is 0 Å². The minimum Gasteiger partial charge on any atom is -0.489 e. The Bertz CT molecular complexity index is 1130. The van der Waals surface area contributed by atoms with E-state index in [1.165, 1.54) is 30.3 Å². The van der Waals surface area contributed by atoms with Crippen molar-refractivity contribution in [2.45, 2.75) is 25.0 Å². The number of hydrogen-bond donors (Lipinski definition) is 2. The van der Waals surface area contributed by atoms with Gasteiger partial charge in [0.15, 0.2) is 0 Å². The molecule has 2 atom stereocenters. The van der Waals surface area contributed by atoms with Gasteiger partial charge in [0.25, 0.3) is 17.4 Å². The van der Waals surface area contributed by atoms with Crippen molar-refractivity contribution in [3.63, 3.8) is 0 Å². The minimum absolute atomic E-state index is 0.000260. The lowest BCUT2D eigenvalue weighted by Gasteiger charge is -2.37. The average Bonchev–Trinajstić information content (AvgIpc) is 3.11. The third kappa shape index (κ3) is 3.08. The Morgan fingerprint density at radius 3 is 2.52 bits per heavy atom. The summed E-state index contributed by atoms with van der Waals surface area (Å²) in [6, 6.07) is 9.40. The predicted octanol–water partition coefficient (Wildman–Crippen LogP) is 1.22. The maximum absolute atomic E-state index is 13.2. The fourth-order valence-corrected chi connectivity index (χ4v) is 3.66. The number of nitrogens with one attached hydrogen (secondary N) is 1. The number of nitrogens with two attached hydrogens (primary N) is 1. The largest absolute Gasteiger partial charge is 0.489 e. The lowest BCUT2D eigenvalue weighted by atomic mass is 9.89. The molecule has 0 aliphatic carbocycles. The molecule has 0 aromatic heterocycles. The third-order valence-electron chi connectivity index (χ3n) is 5.04. The highest BCUT2D eigenvalue weighted by Crippen LogP contribution is 2.37. The van der Waals surface area contributed by atoms with E-state index in [-0.39, 0.29) is 27.9 Å². The Morgan fingerprint density at radius 1 is 1.13 bits per heavy atom. The van der Waals surface area contributed by atoms with Gasteiger partial charge >= 0.3 is 18.0 Å². The van der Waals surface area contributed by atoms with Crippen molar-refractivity contribution >= 4 is 29.8 Å². The second kappa shape index (κ2) is 7.24. The standard InChI is InChI=1S/C21H17N3O7/c1-11-10-12-6-5-9-14(15(12)30-11)16(25)31-21(13-7-3-2-4-8-13)17(26)23-20(29)24(18(21)27)19(22)28/h2-9,11H,10H2,1H3,(H2,22,28)(H,23,26,29). The first-order valence-corrected chi connectivity index (χ1v) is 9.32. The molecule has 2 aromatic carbocycles. The highest BCUT2D eigenvalue weighted by Gasteiger charge is 2.60. The fourth-order valence-electron chi connectivity index (χ4n) is 3.66. The summed E-state index contributed by atoms with van der Waals surface area (Å²) in [7, 11) is 0. The van der Waals surface area contributed by atoms with E-state index in [2.05, 4.69) is 0 Å². The van der Waals surface area contributed by atoms with E-state index in [1.807, 2.05) is 12.2 Å². The van der Waals surface area contributed by atoms with Crippen LogP contribution < -0.4 is 15.8 Å². The molecular formula is C21H17N3O7. The number of rotatable bonds is 3. The van der Waals surface area contributed by atoms with E-state index in [4.69, 9.17) is 15.2 Å². The number of benzene rings is 2. The van der Waals surface area contributed by atoms with E-state index >= 15 is 0 Å². The van der Waals surface area contributed by atoms with Crippen LogP contribution in [-0.4, -0.2) is 40.8 Å². The molecule has 0 bridgehead atoms. The van der Waals surface area contributed by atoms with Crippen molar-refractivity contribution in [3.05, 3.63) is 65.2 Å². The van der Waals surface area contributed by atoms with Crippen molar-refractivity contribution < 1.29 is 33.4 Å². The van der Waals surface area contributed by atoms with Crippen molar-refractivity contribution in [1.82, 2.24) is 10.2 Å². The van der Waals surface area contributed by atoms with Crippen molar-refractivity contribution in [3.8, 4) is 5.75 Å². The minimum atomic E-state index is -2.64. The van der Waals surface area contributed by atoms with Crippen LogP contribution in [0.25, 0.3) is 0 Å².